The molecule has 0 unspecified atom stereocenters. The summed E-state index contributed by atoms with van der Waals surface area (Å²) in [6.45, 7) is 0.427. The van der Waals surface area contributed by atoms with E-state index in [4.69, 9.17) is 5.11 Å². The fourth-order valence-corrected chi connectivity index (χ4v) is 1.72. The van der Waals surface area contributed by atoms with Gasteiger partial charge < -0.3 is 15.7 Å². The second-order valence-electron chi connectivity index (χ2n) is 4.15. The Morgan fingerprint density at radius 3 is 2.47 bits per heavy atom. The molecule has 0 atom stereocenters. The van der Waals surface area contributed by atoms with Crippen LogP contribution in [0.5, 0.6) is 0 Å². The van der Waals surface area contributed by atoms with Crippen LogP contribution in [0.15, 0.2) is 54.6 Å². The minimum atomic E-state index is -0.249. The fourth-order valence-electron chi connectivity index (χ4n) is 1.72. The van der Waals surface area contributed by atoms with Gasteiger partial charge in [-0.3, -0.25) is 0 Å². The van der Waals surface area contributed by atoms with Gasteiger partial charge in [0.1, 0.15) is 0 Å². The van der Waals surface area contributed by atoms with E-state index in [0.717, 1.165) is 16.8 Å². The Hall–Kier alpha value is -2.33. The second kappa shape index (κ2) is 6.56. The number of carbonyl (C=O) groups excluding carboxylic acids is 1. The van der Waals surface area contributed by atoms with Crippen LogP contribution in [0.2, 0.25) is 0 Å². The topological polar surface area (TPSA) is 61.4 Å². The molecule has 0 aliphatic heterocycles. The van der Waals surface area contributed by atoms with Gasteiger partial charge in [-0.25, -0.2) is 4.79 Å². The highest BCUT2D eigenvalue weighted by Gasteiger charge is 2.01. The number of aliphatic hydroxyl groups excluding tert-OH is 1. The van der Waals surface area contributed by atoms with E-state index < -0.39 is 0 Å². The summed E-state index contributed by atoms with van der Waals surface area (Å²) in [6.07, 6.45) is 0. The molecule has 0 radical (unpaired) electrons. The monoisotopic (exact) mass is 256 g/mol. The number of urea groups is 1. The van der Waals surface area contributed by atoms with Crippen LogP contribution < -0.4 is 10.6 Å². The highest BCUT2D eigenvalue weighted by molar-refractivity contribution is 5.89. The third-order valence-electron chi connectivity index (χ3n) is 2.66. The van der Waals surface area contributed by atoms with Crippen molar-refractivity contribution in [3.8, 4) is 0 Å². The van der Waals surface area contributed by atoms with Crippen LogP contribution in [0, 0.1) is 0 Å². The first-order valence-corrected chi connectivity index (χ1v) is 6.06. The number of benzene rings is 2. The van der Waals surface area contributed by atoms with E-state index in [1.165, 1.54) is 0 Å². The summed E-state index contributed by atoms with van der Waals surface area (Å²) in [4.78, 5) is 11.7. The molecule has 0 bridgehead atoms. The summed E-state index contributed by atoms with van der Waals surface area (Å²) in [5, 5.41) is 14.5. The third-order valence-corrected chi connectivity index (χ3v) is 2.66. The van der Waals surface area contributed by atoms with Crippen LogP contribution in [0.4, 0.5) is 10.5 Å². The number of amides is 2. The first-order chi connectivity index (χ1) is 9.28. The van der Waals surface area contributed by atoms with E-state index >= 15 is 0 Å². The molecule has 0 saturated carbocycles. The van der Waals surface area contributed by atoms with Gasteiger partial charge in [0.25, 0.3) is 0 Å². The van der Waals surface area contributed by atoms with Crippen LogP contribution in [-0.2, 0) is 13.2 Å². The minimum Gasteiger partial charge on any atom is -0.392 e. The Morgan fingerprint density at radius 2 is 1.74 bits per heavy atom. The van der Waals surface area contributed by atoms with Gasteiger partial charge in [-0.05, 0) is 23.3 Å². The molecule has 2 aromatic rings. The number of carbonyl (C=O) groups is 1. The van der Waals surface area contributed by atoms with Gasteiger partial charge >= 0.3 is 6.03 Å². The van der Waals surface area contributed by atoms with E-state index in [1.54, 1.807) is 0 Å². The van der Waals surface area contributed by atoms with E-state index in [2.05, 4.69) is 10.6 Å². The standard InChI is InChI=1S/C15H16N2O2/c18-11-13-6-4-5-12(9-13)10-16-15(19)17-14-7-2-1-3-8-14/h1-9,18H,10-11H2,(H2,16,17,19). The van der Waals surface area contributed by atoms with Crippen LogP contribution in [0.3, 0.4) is 0 Å². The molecule has 19 heavy (non-hydrogen) atoms. The van der Waals surface area contributed by atoms with Gasteiger partial charge in [0.2, 0.25) is 0 Å². The summed E-state index contributed by atoms with van der Waals surface area (Å²) in [7, 11) is 0. The fraction of sp³-hybridized carbons (Fsp3) is 0.133. The Labute approximate surface area is 112 Å². The zero-order valence-electron chi connectivity index (χ0n) is 10.5. The van der Waals surface area contributed by atoms with Gasteiger partial charge in [-0.1, -0.05) is 42.5 Å². The van der Waals surface area contributed by atoms with Gasteiger partial charge in [0, 0.05) is 12.2 Å². The lowest BCUT2D eigenvalue weighted by atomic mass is 10.1. The molecule has 2 rings (SSSR count). The molecule has 0 saturated heterocycles. The molecule has 3 N–H and O–H groups in total. The van der Waals surface area contributed by atoms with Crippen LogP contribution in [-0.4, -0.2) is 11.1 Å². The number of rotatable bonds is 4. The van der Waals surface area contributed by atoms with Crippen molar-refractivity contribution in [2.24, 2.45) is 0 Å². The van der Waals surface area contributed by atoms with Crippen LogP contribution in [0.1, 0.15) is 11.1 Å². The van der Waals surface area contributed by atoms with Crippen molar-refractivity contribution in [1.29, 1.82) is 0 Å². The quantitative estimate of drug-likeness (QED) is 0.787. The molecule has 0 aromatic heterocycles. The maximum atomic E-state index is 11.7. The van der Waals surface area contributed by atoms with E-state index in [9.17, 15) is 4.79 Å². The summed E-state index contributed by atoms with van der Waals surface area (Å²) >= 11 is 0. The van der Waals surface area contributed by atoms with Gasteiger partial charge in [-0.15, -0.1) is 0 Å². The van der Waals surface area contributed by atoms with Gasteiger partial charge in [0.15, 0.2) is 0 Å². The Kier molecular flexibility index (Phi) is 4.53. The molecule has 0 fully saturated rings. The largest absolute Gasteiger partial charge is 0.392 e. The number of hydrogen-bond acceptors (Lipinski definition) is 2. The highest BCUT2D eigenvalue weighted by atomic mass is 16.3. The first-order valence-electron chi connectivity index (χ1n) is 6.06. The SMILES string of the molecule is O=C(NCc1cccc(CO)c1)Nc1ccccc1. The molecule has 2 aromatic carbocycles. The molecular formula is C15H16N2O2. The molecule has 0 aliphatic carbocycles. The lowest BCUT2D eigenvalue weighted by Gasteiger charge is -2.08. The number of nitrogens with one attached hydrogen (secondary N) is 2. The van der Waals surface area contributed by atoms with Crippen LogP contribution >= 0.6 is 0 Å². The summed E-state index contributed by atoms with van der Waals surface area (Å²) in [5.74, 6) is 0. The molecule has 2 amide bonds. The van der Waals surface area contributed by atoms with Crippen molar-refractivity contribution in [1.82, 2.24) is 5.32 Å². The lowest BCUT2D eigenvalue weighted by molar-refractivity contribution is 0.251. The predicted octanol–water partition coefficient (Wildman–Crippen LogP) is 2.50. The number of aliphatic hydroxyl groups is 1. The summed E-state index contributed by atoms with van der Waals surface area (Å²) in [6, 6.07) is 16.5. The number of hydrogen-bond donors (Lipinski definition) is 3. The van der Waals surface area contributed by atoms with Gasteiger partial charge in [-0.2, -0.15) is 0 Å². The Bertz CT molecular complexity index is 541. The molecule has 0 spiro atoms. The van der Waals surface area contributed by atoms with Crippen molar-refractivity contribution in [3.63, 3.8) is 0 Å². The predicted molar refractivity (Wildman–Crippen MR) is 74.7 cm³/mol. The lowest BCUT2D eigenvalue weighted by Crippen LogP contribution is -2.28. The van der Waals surface area contributed by atoms with E-state index in [-0.39, 0.29) is 12.6 Å². The van der Waals surface area contributed by atoms with E-state index in [0.29, 0.717) is 6.54 Å². The molecule has 4 heteroatoms. The summed E-state index contributed by atoms with van der Waals surface area (Å²) in [5.41, 5.74) is 2.54. The Balaban J connectivity index is 1.86. The van der Waals surface area contributed by atoms with Crippen molar-refractivity contribution < 1.29 is 9.90 Å². The number of anilines is 1. The third kappa shape index (κ3) is 4.12. The molecular weight excluding hydrogens is 240 g/mol. The van der Waals surface area contributed by atoms with Crippen LogP contribution in [0.25, 0.3) is 0 Å². The average molecular weight is 256 g/mol. The minimum absolute atomic E-state index is 0.00402. The maximum absolute atomic E-state index is 11.7. The second-order valence-corrected chi connectivity index (χ2v) is 4.15. The van der Waals surface area contributed by atoms with Crippen molar-refractivity contribution in [2.75, 3.05) is 5.32 Å². The molecule has 0 heterocycles. The molecule has 98 valence electrons. The highest BCUT2D eigenvalue weighted by Crippen LogP contribution is 2.06. The van der Waals surface area contributed by atoms with Gasteiger partial charge in [0.05, 0.1) is 6.61 Å². The maximum Gasteiger partial charge on any atom is 0.319 e. The number of para-hydroxylation sites is 1. The first kappa shape index (κ1) is 13.1. The van der Waals surface area contributed by atoms with Crippen molar-refractivity contribution in [3.05, 3.63) is 65.7 Å². The molecule has 4 nitrogen and oxygen atoms in total. The molecule has 0 aliphatic rings. The zero-order chi connectivity index (χ0) is 13.5. The van der Waals surface area contributed by atoms with Crippen molar-refractivity contribution >= 4 is 11.7 Å². The zero-order valence-corrected chi connectivity index (χ0v) is 10.5. The average Bonchev–Trinajstić information content (AvgIpc) is 2.46. The van der Waals surface area contributed by atoms with Crippen molar-refractivity contribution in [2.45, 2.75) is 13.2 Å². The normalized spacial score (nSPS) is 9.95. The smallest absolute Gasteiger partial charge is 0.319 e. The summed E-state index contributed by atoms with van der Waals surface area (Å²) < 4.78 is 0. The Morgan fingerprint density at radius 1 is 1.00 bits per heavy atom. The van der Waals surface area contributed by atoms with E-state index in [1.807, 2.05) is 54.6 Å².